The number of aromatic hydroxyl groups is 1. The molecule has 0 spiro atoms. The van der Waals surface area contributed by atoms with Crippen molar-refractivity contribution in [1.82, 2.24) is 4.98 Å². The Kier molecular flexibility index (Phi) is 4.52. The number of hydrogen-bond acceptors (Lipinski definition) is 7. The standard InChI is InChI=1S/C13H15N5O3/c14-17-12-6-5-11(18(20)21)13(16-12)15-8-7-9-1-3-10(19)4-2-9/h1-6,19H,7-8,14H2,(H2,15,16,17). The highest BCUT2D eigenvalue weighted by molar-refractivity contribution is 5.60. The third-order valence-electron chi connectivity index (χ3n) is 2.86. The van der Waals surface area contributed by atoms with E-state index in [1.54, 1.807) is 24.3 Å². The van der Waals surface area contributed by atoms with E-state index in [1.807, 2.05) is 0 Å². The van der Waals surface area contributed by atoms with Crippen LogP contribution in [0.1, 0.15) is 5.56 Å². The summed E-state index contributed by atoms with van der Waals surface area (Å²) < 4.78 is 0. The van der Waals surface area contributed by atoms with E-state index < -0.39 is 4.92 Å². The maximum Gasteiger partial charge on any atom is 0.311 e. The molecule has 8 nitrogen and oxygen atoms in total. The normalized spacial score (nSPS) is 10.1. The lowest BCUT2D eigenvalue weighted by Crippen LogP contribution is -2.12. The first-order valence-corrected chi connectivity index (χ1v) is 6.24. The first kappa shape index (κ1) is 14.5. The largest absolute Gasteiger partial charge is 0.508 e. The number of nitrogens with one attached hydrogen (secondary N) is 2. The van der Waals surface area contributed by atoms with Gasteiger partial charge in [0.1, 0.15) is 11.6 Å². The molecule has 0 saturated heterocycles. The fourth-order valence-electron chi connectivity index (χ4n) is 1.80. The minimum atomic E-state index is -0.504. The zero-order valence-corrected chi connectivity index (χ0v) is 11.1. The van der Waals surface area contributed by atoms with E-state index >= 15 is 0 Å². The number of nitrogen functional groups attached to an aromatic ring is 1. The average Bonchev–Trinajstić information content (AvgIpc) is 2.49. The number of hydrazine groups is 1. The van der Waals surface area contributed by atoms with Gasteiger partial charge in [-0.1, -0.05) is 12.1 Å². The highest BCUT2D eigenvalue weighted by Gasteiger charge is 2.15. The fourth-order valence-corrected chi connectivity index (χ4v) is 1.80. The molecule has 0 aliphatic carbocycles. The van der Waals surface area contributed by atoms with E-state index in [0.29, 0.717) is 18.8 Å². The van der Waals surface area contributed by atoms with E-state index in [-0.39, 0.29) is 17.3 Å². The Hall–Kier alpha value is -2.87. The molecule has 1 heterocycles. The van der Waals surface area contributed by atoms with Gasteiger partial charge in [0, 0.05) is 12.6 Å². The SMILES string of the molecule is NNc1ccc([N+](=O)[O-])c(NCCc2ccc(O)cc2)n1. The summed E-state index contributed by atoms with van der Waals surface area (Å²) in [6.07, 6.45) is 0.638. The molecule has 1 aromatic carbocycles. The smallest absolute Gasteiger partial charge is 0.311 e. The van der Waals surface area contributed by atoms with Crippen molar-refractivity contribution in [2.75, 3.05) is 17.3 Å². The summed E-state index contributed by atoms with van der Waals surface area (Å²) in [5, 5.41) is 23.1. The van der Waals surface area contributed by atoms with Crippen molar-refractivity contribution in [3.8, 4) is 5.75 Å². The minimum absolute atomic E-state index is 0.111. The maximum atomic E-state index is 10.9. The van der Waals surface area contributed by atoms with Gasteiger partial charge in [0.25, 0.3) is 0 Å². The van der Waals surface area contributed by atoms with Crippen LogP contribution in [0.4, 0.5) is 17.3 Å². The number of nitrogens with two attached hydrogens (primary N) is 1. The molecule has 0 unspecified atom stereocenters. The molecular weight excluding hydrogens is 274 g/mol. The Labute approximate surface area is 120 Å². The minimum Gasteiger partial charge on any atom is -0.508 e. The monoisotopic (exact) mass is 289 g/mol. The molecule has 21 heavy (non-hydrogen) atoms. The van der Waals surface area contributed by atoms with Gasteiger partial charge in [-0.25, -0.2) is 10.8 Å². The summed E-state index contributed by atoms with van der Waals surface area (Å²) in [6, 6.07) is 9.53. The Balaban J connectivity index is 2.04. The molecule has 0 amide bonds. The summed E-state index contributed by atoms with van der Waals surface area (Å²) in [5.41, 5.74) is 3.23. The molecule has 0 atom stereocenters. The molecule has 0 aliphatic heterocycles. The summed E-state index contributed by atoms with van der Waals surface area (Å²) in [4.78, 5) is 14.5. The number of anilines is 2. The predicted octanol–water partition coefficient (Wildman–Crippen LogP) is 1.64. The highest BCUT2D eigenvalue weighted by atomic mass is 16.6. The van der Waals surface area contributed by atoms with Crippen molar-refractivity contribution in [3.05, 3.63) is 52.1 Å². The lowest BCUT2D eigenvalue weighted by atomic mass is 10.1. The van der Waals surface area contributed by atoms with E-state index in [0.717, 1.165) is 5.56 Å². The molecule has 0 bridgehead atoms. The number of phenolic OH excluding ortho intramolecular Hbond substituents is 1. The summed E-state index contributed by atoms with van der Waals surface area (Å²) in [6.45, 7) is 0.465. The van der Waals surface area contributed by atoms with Crippen LogP contribution in [0.3, 0.4) is 0 Å². The average molecular weight is 289 g/mol. The van der Waals surface area contributed by atoms with E-state index in [2.05, 4.69) is 15.7 Å². The Morgan fingerprint density at radius 2 is 1.95 bits per heavy atom. The van der Waals surface area contributed by atoms with Gasteiger partial charge in [0.05, 0.1) is 4.92 Å². The highest BCUT2D eigenvalue weighted by Crippen LogP contribution is 2.23. The van der Waals surface area contributed by atoms with Crippen LogP contribution in [-0.2, 0) is 6.42 Å². The second kappa shape index (κ2) is 6.53. The molecule has 2 rings (SSSR count). The van der Waals surface area contributed by atoms with Gasteiger partial charge in [-0.2, -0.15) is 0 Å². The molecule has 2 aromatic rings. The van der Waals surface area contributed by atoms with Crippen molar-refractivity contribution < 1.29 is 10.0 Å². The van der Waals surface area contributed by atoms with Gasteiger partial charge < -0.3 is 15.8 Å². The number of hydrogen-bond donors (Lipinski definition) is 4. The van der Waals surface area contributed by atoms with E-state index in [4.69, 9.17) is 5.84 Å². The van der Waals surface area contributed by atoms with Crippen LogP contribution < -0.4 is 16.6 Å². The number of nitrogens with zero attached hydrogens (tertiary/aromatic N) is 2. The number of nitro groups is 1. The zero-order valence-electron chi connectivity index (χ0n) is 11.1. The number of aromatic nitrogens is 1. The van der Waals surface area contributed by atoms with Gasteiger partial charge in [-0.3, -0.25) is 10.1 Å². The van der Waals surface area contributed by atoms with Crippen molar-refractivity contribution >= 4 is 17.3 Å². The molecule has 8 heteroatoms. The number of benzene rings is 1. The first-order valence-electron chi connectivity index (χ1n) is 6.24. The van der Waals surface area contributed by atoms with Gasteiger partial charge in [-0.05, 0) is 30.2 Å². The summed E-state index contributed by atoms with van der Waals surface area (Å²) in [7, 11) is 0. The van der Waals surface area contributed by atoms with Crippen LogP contribution >= 0.6 is 0 Å². The van der Waals surface area contributed by atoms with E-state index in [9.17, 15) is 15.2 Å². The number of phenols is 1. The second-order valence-corrected chi connectivity index (χ2v) is 4.31. The Morgan fingerprint density at radius 3 is 2.57 bits per heavy atom. The van der Waals surface area contributed by atoms with Crippen molar-refractivity contribution in [1.29, 1.82) is 0 Å². The topological polar surface area (TPSA) is 126 Å². The summed E-state index contributed by atoms with van der Waals surface area (Å²) in [5.74, 6) is 5.95. The van der Waals surface area contributed by atoms with Gasteiger partial charge >= 0.3 is 5.69 Å². The lowest BCUT2D eigenvalue weighted by Gasteiger charge is -2.08. The van der Waals surface area contributed by atoms with Gasteiger partial charge in [0.15, 0.2) is 0 Å². The van der Waals surface area contributed by atoms with Crippen LogP contribution in [0.2, 0.25) is 0 Å². The Bertz CT molecular complexity index is 630. The number of rotatable bonds is 6. The molecule has 110 valence electrons. The first-order chi connectivity index (χ1) is 10.1. The van der Waals surface area contributed by atoms with Crippen LogP contribution in [-0.4, -0.2) is 21.6 Å². The quantitative estimate of drug-likeness (QED) is 0.361. The van der Waals surface area contributed by atoms with Gasteiger partial charge in [0.2, 0.25) is 5.82 Å². The van der Waals surface area contributed by atoms with Crippen LogP contribution in [0.25, 0.3) is 0 Å². The molecule has 0 fully saturated rings. The maximum absolute atomic E-state index is 10.9. The Morgan fingerprint density at radius 1 is 1.24 bits per heavy atom. The molecule has 0 saturated carbocycles. The third kappa shape index (κ3) is 3.80. The molecule has 5 N–H and O–H groups in total. The lowest BCUT2D eigenvalue weighted by molar-refractivity contribution is -0.384. The van der Waals surface area contributed by atoms with Gasteiger partial charge in [-0.15, -0.1) is 0 Å². The second-order valence-electron chi connectivity index (χ2n) is 4.31. The van der Waals surface area contributed by atoms with Crippen molar-refractivity contribution in [2.24, 2.45) is 5.84 Å². The van der Waals surface area contributed by atoms with Crippen molar-refractivity contribution in [3.63, 3.8) is 0 Å². The van der Waals surface area contributed by atoms with Crippen LogP contribution in [0.15, 0.2) is 36.4 Å². The molecule has 0 aliphatic rings. The van der Waals surface area contributed by atoms with Crippen LogP contribution in [0.5, 0.6) is 5.75 Å². The zero-order chi connectivity index (χ0) is 15.2. The summed E-state index contributed by atoms with van der Waals surface area (Å²) >= 11 is 0. The van der Waals surface area contributed by atoms with Crippen LogP contribution in [0, 0.1) is 10.1 Å². The number of pyridine rings is 1. The van der Waals surface area contributed by atoms with Crippen molar-refractivity contribution in [2.45, 2.75) is 6.42 Å². The predicted molar refractivity (Wildman–Crippen MR) is 79.0 cm³/mol. The fraction of sp³-hybridized carbons (Fsp3) is 0.154. The third-order valence-corrected chi connectivity index (χ3v) is 2.86. The molecular formula is C13H15N5O3. The van der Waals surface area contributed by atoms with E-state index in [1.165, 1.54) is 12.1 Å². The molecule has 1 aromatic heterocycles. The molecule has 0 radical (unpaired) electrons.